The minimum atomic E-state index is 0.878. The number of nitrogens with zero attached hydrogens (tertiary/aromatic N) is 2. The smallest absolute Gasteiger partial charge is 0.0652 e. The van der Waals surface area contributed by atoms with E-state index in [-0.39, 0.29) is 0 Å². The van der Waals surface area contributed by atoms with Crippen LogP contribution in [0, 0.1) is 5.92 Å². The van der Waals surface area contributed by atoms with Gasteiger partial charge in [-0.25, -0.2) is 0 Å². The monoisotopic (exact) mass is 152 g/mol. The van der Waals surface area contributed by atoms with E-state index in [9.17, 15) is 0 Å². The Morgan fingerprint density at radius 2 is 1.64 bits per heavy atom. The molecule has 0 bridgehead atoms. The molecule has 0 saturated carbocycles. The SMILES string of the molecule is C1CC2CCN3CCN(C1)C23. The normalized spacial score (nSPS) is 44.7. The first kappa shape index (κ1) is 6.44. The molecule has 2 nitrogen and oxygen atoms in total. The van der Waals surface area contributed by atoms with Crippen LogP contribution >= 0.6 is 0 Å². The second kappa shape index (κ2) is 2.20. The summed E-state index contributed by atoms with van der Waals surface area (Å²) < 4.78 is 0. The topological polar surface area (TPSA) is 6.48 Å². The summed E-state index contributed by atoms with van der Waals surface area (Å²) in [6.45, 7) is 5.45. The van der Waals surface area contributed by atoms with Crippen molar-refractivity contribution >= 4 is 0 Å². The van der Waals surface area contributed by atoms with Crippen LogP contribution in [0.25, 0.3) is 0 Å². The first-order valence-corrected chi connectivity index (χ1v) is 4.93. The van der Waals surface area contributed by atoms with E-state index >= 15 is 0 Å². The van der Waals surface area contributed by atoms with Gasteiger partial charge in [-0.3, -0.25) is 9.80 Å². The average Bonchev–Trinajstić information content (AvgIpc) is 2.60. The predicted molar refractivity (Wildman–Crippen MR) is 44.3 cm³/mol. The minimum Gasteiger partial charge on any atom is -0.286 e. The van der Waals surface area contributed by atoms with Crippen molar-refractivity contribution in [3.63, 3.8) is 0 Å². The second-order valence-corrected chi connectivity index (χ2v) is 4.18. The molecule has 0 aliphatic carbocycles. The third-order valence-corrected chi connectivity index (χ3v) is 3.65. The Kier molecular flexibility index (Phi) is 1.29. The molecule has 11 heavy (non-hydrogen) atoms. The third kappa shape index (κ3) is 0.798. The fourth-order valence-corrected chi connectivity index (χ4v) is 3.17. The molecule has 2 heteroatoms. The average molecular weight is 152 g/mol. The van der Waals surface area contributed by atoms with Crippen molar-refractivity contribution in [2.24, 2.45) is 5.92 Å². The highest BCUT2D eigenvalue weighted by molar-refractivity contribution is 4.94. The van der Waals surface area contributed by atoms with Gasteiger partial charge in [-0.2, -0.15) is 0 Å². The van der Waals surface area contributed by atoms with E-state index in [0.717, 1.165) is 12.1 Å². The molecule has 0 aromatic rings. The van der Waals surface area contributed by atoms with E-state index in [2.05, 4.69) is 9.80 Å². The molecule has 3 aliphatic heterocycles. The van der Waals surface area contributed by atoms with Gasteiger partial charge in [-0.15, -0.1) is 0 Å². The quantitative estimate of drug-likeness (QED) is 0.505. The molecule has 3 rings (SSSR count). The molecular formula is C9H16N2. The molecular weight excluding hydrogens is 136 g/mol. The molecule has 3 saturated heterocycles. The van der Waals surface area contributed by atoms with Gasteiger partial charge in [0.15, 0.2) is 0 Å². The van der Waals surface area contributed by atoms with E-state index in [1.54, 1.807) is 0 Å². The summed E-state index contributed by atoms with van der Waals surface area (Å²) in [5.41, 5.74) is 0. The predicted octanol–water partition coefficient (Wildman–Crippen LogP) is 0.744. The van der Waals surface area contributed by atoms with Crippen LogP contribution in [0.15, 0.2) is 0 Å². The summed E-state index contributed by atoms with van der Waals surface area (Å²) in [4.78, 5) is 5.38. The molecule has 0 N–H and O–H groups in total. The van der Waals surface area contributed by atoms with Gasteiger partial charge in [0.25, 0.3) is 0 Å². The van der Waals surface area contributed by atoms with Crippen LogP contribution in [-0.4, -0.2) is 42.1 Å². The maximum atomic E-state index is 2.70. The van der Waals surface area contributed by atoms with Gasteiger partial charge in [0.05, 0.1) is 6.17 Å². The lowest BCUT2D eigenvalue weighted by atomic mass is 9.95. The van der Waals surface area contributed by atoms with E-state index < -0.39 is 0 Å². The van der Waals surface area contributed by atoms with E-state index in [1.807, 2.05) is 0 Å². The van der Waals surface area contributed by atoms with Crippen LogP contribution in [0.3, 0.4) is 0 Å². The van der Waals surface area contributed by atoms with Crippen molar-refractivity contribution in [3.05, 3.63) is 0 Å². The Hall–Kier alpha value is -0.0800. The number of rotatable bonds is 0. The van der Waals surface area contributed by atoms with Crippen LogP contribution in [0.2, 0.25) is 0 Å². The van der Waals surface area contributed by atoms with Gasteiger partial charge in [-0.1, -0.05) is 0 Å². The standard InChI is InChI=1S/C9H16N2/c1-2-8-3-5-11-7-6-10(4-1)9(8)11/h8-9H,1-7H2. The van der Waals surface area contributed by atoms with Crippen molar-refractivity contribution in [2.75, 3.05) is 26.2 Å². The summed E-state index contributed by atoms with van der Waals surface area (Å²) in [6, 6.07) is 0. The molecule has 0 aromatic heterocycles. The number of hydrogen-bond acceptors (Lipinski definition) is 2. The lowest BCUT2D eigenvalue weighted by Gasteiger charge is -2.34. The summed E-state index contributed by atoms with van der Waals surface area (Å²) in [6.07, 6.45) is 5.30. The molecule has 0 spiro atoms. The van der Waals surface area contributed by atoms with Gasteiger partial charge >= 0.3 is 0 Å². The number of piperidine rings is 1. The molecule has 0 amide bonds. The zero-order valence-corrected chi connectivity index (χ0v) is 7.00. The first-order chi connectivity index (χ1) is 5.45. The minimum absolute atomic E-state index is 0.878. The van der Waals surface area contributed by atoms with Crippen LogP contribution in [0.1, 0.15) is 19.3 Å². The Morgan fingerprint density at radius 1 is 0.818 bits per heavy atom. The lowest BCUT2D eigenvalue weighted by Crippen LogP contribution is -2.42. The molecule has 3 heterocycles. The summed E-state index contributed by atoms with van der Waals surface area (Å²) in [5.74, 6) is 1.03. The van der Waals surface area contributed by atoms with E-state index in [0.29, 0.717) is 0 Å². The molecule has 62 valence electrons. The van der Waals surface area contributed by atoms with Crippen molar-refractivity contribution in [1.82, 2.24) is 9.80 Å². The van der Waals surface area contributed by atoms with Crippen LogP contribution in [0.5, 0.6) is 0 Å². The number of hydrogen-bond donors (Lipinski definition) is 0. The maximum absolute atomic E-state index is 2.70. The van der Waals surface area contributed by atoms with Gasteiger partial charge in [0.2, 0.25) is 0 Å². The van der Waals surface area contributed by atoms with Crippen molar-refractivity contribution < 1.29 is 0 Å². The molecule has 0 radical (unpaired) electrons. The van der Waals surface area contributed by atoms with Crippen molar-refractivity contribution in [2.45, 2.75) is 25.4 Å². The zero-order chi connectivity index (χ0) is 7.26. The summed E-state index contributed by atoms with van der Waals surface area (Å²) in [7, 11) is 0. The second-order valence-electron chi connectivity index (χ2n) is 4.18. The van der Waals surface area contributed by atoms with Crippen LogP contribution in [-0.2, 0) is 0 Å². The van der Waals surface area contributed by atoms with Crippen LogP contribution < -0.4 is 0 Å². The summed E-state index contributed by atoms with van der Waals surface area (Å²) in [5, 5.41) is 0. The highest BCUT2D eigenvalue weighted by Crippen LogP contribution is 2.37. The lowest BCUT2D eigenvalue weighted by molar-refractivity contribution is 0.0965. The largest absolute Gasteiger partial charge is 0.286 e. The highest BCUT2D eigenvalue weighted by Gasteiger charge is 2.43. The Morgan fingerprint density at radius 3 is 2.55 bits per heavy atom. The Labute approximate surface area is 68.2 Å². The van der Waals surface area contributed by atoms with Gasteiger partial charge in [0, 0.05) is 19.6 Å². The van der Waals surface area contributed by atoms with Crippen LogP contribution in [0.4, 0.5) is 0 Å². The van der Waals surface area contributed by atoms with Crippen molar-refractivity contribution in [1.29, 1.82) is 0 Å². The molecule has 0 aromatic carbocycles. The van der Waals surface area contributed by atoms with Gasteiger partial charge < -0.3 is 0 Å². The van der Waals surface area contributed by atoms with Gasteiger partial charge in [-0.05, 0) is 31.7 Å². The van der Waals surface area contributed by atoms with Crippen molar-refractivity contribution in [3.8, 4) is 0 Å². The molecule has 3 aliphatic rings. The fourth-order valence-electron chi connectivity index (χ4n) is 3.17. The zero-order valence-electron chi connectivity index (χ0n) is 7.00. The molecule has 2 atom stereocenters. The Bertz CT molecular complexity index is 149. The summed E-state index contributed by atoms with van der Waals surface area (Å²) >= 11 is 0. The Balaban J connectivity index is 1.88. The van der Waals surface area contributed by atoms with E-state index in [4.69, 9.17) is 0 Å². The van der Waals surface area contributed by atoms with Gasteiger partial charge in [0.1, 0.15) is 0 Å². The molecule has 3 fully saturated rings. The first-order valence-electron chi connectivity index (χ1n) is 4.93. The fraction of sp³-hybridized carbons (Fsp3) is 1.00. The highest BCUT2D eigenvalue weighted by atomic mass is 15.4. The maximum Gasteiger partial charge on any atom is 0.0652 e. The third-order valence-electron chi connectivity index (χ3n) is 3.65. The molecule has 2 unspecified atom stereocenters. The van der Waals surface area contributed by atoms with E-state index in [1.165, 1.54) is 45.4 Å².